The molecule has 0 bridgehead atoms. The van der Waals surface area contributed by atoms with E-state index in [4.69, 9.17) is 21.1 Å². The van der Waals surface area contributed by atoms with E-state index >= 15 is 0 Å². The number of allylic oxidation sites excluding steroid dienone is 1. The number of carbonyl (C=O) groups excluding carboxylic acids is 1. The van der Waals surface area contributed by atoms with Crippen molar-refractivity contribution in [3.63, 3.8) is 0 Å². The van der Waals surface area contributed by atoms with Gasteiger partial charge in [0.2, 0.25) is 0 Å². The van der Waals surface area contributed by atoms with Crippen LogP contribution in [0.4, 0.5) is 0 Å². The van der Waals surface area contributed by atoms with Gasteiger partial charge in [-0.05, 0) is 71.7 Å². The summed E-state index contributed by atoms with van der Waals surface area (Å²) in [5.74, 6) is 0.202. The van der Waals surface area contributed by atoms with Gasteiger partial charge in [-0.2, -0.15) is 0 Å². The van der Waals surface area contributed by atoms with Crippen LogP contribution in [0.1, 0.15) is 36.6 Å². The fraction of sp³-hybridized carbons (Fsp3) is 0.147. The summed E-state index contributed by atoms with van der Waals surface area (Å²) in [6.45, 7) is 4.15. The molecule has 0 aliphatic carbocycles. The molecule has 1 aliphatic heterocycles. The average Bonchev–Trinajstić information content (AvgIpc) is 3.29. The lowest BCUT2D eigenvalue weighted by atomic mass is 9.96. The van der Waals surface area contributed by atoms with Crippen molar-refractivity contribution >= 4 is 45.8 Å². The van der Waals surface area contributed by atoms with Crippen LogP contribution >= 0.6 is 22.9 Å². The highest BCUT2D eigenvalue weighted by Crippen LogP contribution is 2.31. The fourth-order valence-corrected chi connectivity index (χ4v) is 6.35. The second-order valence-electron chi connectivity index (χ2n) is 9.85. The summed E-state index contributed by atoms with van der Waals surface area (Å²) in [6, 6.07) is 28.5. The van der Waals surface area contributed by atoms with Crippen LogP contribution in [0.3, 0.4) is 0 Å². The standard InChI is InChI=1S/C34H27ClN2O4S/c1-3-40-33(39)30-21(2)36-34-37(31(30)24-14-16-26(35)17-15-24)32(38)29(42-34)19-22-8-6-12-27(18-22)41-20-25-11-7-10-23-9-4-5-13-28(23)25/h4-19,31H,3,20H2,1-2H3/b29-19+. The Kier molecular flexibility index (Phi) is 7.78. The summed E-state index contributed by atoms with van der Waals surface area (Å²) in [5.41, 5.74) is 3.28. The highest BCUT2D eigenvalue weighted by Gasteiger charge is 2.33. The minimum Gasteiger partial charge on any atom is -0.489 e. The number of ether oxygens (including phenoxy) is 2. The maximum Gasteiger partial charge on any atom is 0.338 e. The molecule has 8 heteroatoms. The number of benzene rings is 4. The zero-order valence-corrected chi connectivity index (χ0v) is 24.6. The van der Waals surface area contributed by atoms with Crippen molar-refractivity contribution in [2.75, 3.05) is 6.61 Å². The van der Waals surface area contributed by atoms with Gasteiger partial charge in [-0.15, -0.1) is 0 Å². The van der Waals surface area contributed by atoms with Crippen LogP contribution in [0.5, 0.6) is 5.75 Å². The van der Waals surface area contributed by atoms with Crippen molar-refractivity contribution in [2.45, 2.75) is 26.5 Å². The third-order valence-corrected chi connectivity index (χ3v) is 8.37. The molecule has 0 fully saturated rings. The van der Waals surface area contributed by atoms with Gasteiger partial charge in [-0.25, -0.2) is 9.79 Å². The average molecular weight is 595 g/mol. The van der Waals surface area contributed by atoms with Crippen molar-refractivity contribution < 1.29 is 14.3 Å². The lowest BCUT2D eigenvalue weighted by Crippen LogP contribution is -2.39. The molecule has 6 rings (SSSR count). The second-order valence-corrected chi connectivity index (χ2v) is 11.3. The first-order chi connectivity index (χ1) is 20.4. The number of rotatable bonds is 7. The van der Waals surface area contributed by atoms with Gasteiger partial charge in [-0.3, -0.25) is 9.36 Å². The molecule has 1 aromatic heterocycles. The van der Waals surface area contributed by atoms with Crippen LogP contribution in [0.25, 0.3) is 16.8 Å². The molecule has 4 aromatic carbocycles. The van der Waals surface area contributed by atoms with Crippen molar-refractivity contribution in [3.05, 3.63) is 144 Å². The molecule has 0 amide bonds. The normalized spacial score (nSPS) is 14.9. The molecular weight excluding hydrogens is 568 g/mol. The van der Waals surface area contributed by atoms with Crippen molar-refractivity contribution in [3.8, 4) is 5.75 Å². The molecule has 0 saturated heterocycles. The largest absolute Gasteiger partial charge is 0.489 e. The van der Waals surface area contributed by atoms with E-state index in [0.29, 0.717) is 38.0 Å². The third kappa shape index (κ3) is 5.41. The number of thiazole rings is 1. The SMILES string of the molecule is CCOC(=O)C1=C(C)N=c2s/c(=C/c3cccc(OCc4cccc5ccccc45)c3)c(=O)n2C1c1ccc(Cl)cc1. The van der Waals surface area contributed by atoms with E-state index in [0.717, 1.165) is 22.1 Å². The molecule has 210 valence electrons. The molecule has 1 aliphatic rings. The topological polar surface area (TPSA) is 69.9 Å². The van der Waals surface area contributed by atoms with E-state index in [-0.39, 0.29) is 12.2 Å². The number of carbonyl (C=O) groups is 1. The Balaban J connectivity index is 1.36. The zero-order chi connectivity index (χ0) is 29.2. The molecule has 2 heterocycles. The number of hydrogen-bond acceptors (Lipinski definition) is 6. The second kappa shape index (κ2) is 11.8. The van der Waals surface area contributed by atoms with E-state index in [1.54, 1.807) is 30.5 Å². The minimum atomic E-state index is -0.685. The van der Waals surface area contributed by atoms with E-state index < -0.39 is 12.0 Å². The lowest BCUT2D eigenvalue weighted by Gasteiger charge is -2.24. The van der Waals surface area contributed by atoms with Gasteiger partial charge in [0.15, 0.2) is 4.80 Å². The first-order valence-corrected chi connectivity index (χ1v) is 14.8. The van der Waals surface area contributed by atoms with Gasteiger partial charge < -0.3 is 9.47 Å². The van der Waals surface area contributed by atoms with Crippen LogP contribution in [0, 0.1) is 0 Å². The monoisotopic (exact) mass is 594 g/mol. The van der Waals surface area contributed by atoms with Crippen molar-refractivity contribution in [1.29, 1.82) is 0 Å². The van der Waals surface area contributed by atoms with E-state index in [1.165, 1.54) is 16.7 Å². The summed E-state index contributed by atoms with van der Waals surface area (Å²) in [5, 5.41) is 2.89. The Bertz CT molecular complexity index is 2020. The van der Waals surface area contributed by atoms with Crippen LogP contribution in [-0.4, -0.2) is 17.1 Å². The Labute approximate surface area is 251 Å². The zero-order valence-electron chi connectivity index (χ0n) is 23.0. The number of aromatic nitrogens is 1. The number of esters is 1. The third-order valence-electron chi connectivity index (χ3n) is 7.13. The van der Waals surface area contributed by atoms with Gasteiger partial charge >= 0.3 is 5.97 Å². The number of halogens is 1. The Morgan fingerprint density at radius 3 is 2.60 bits per heavy atom. The Hall–Kier alpha value is -4.46. The maximum absolute atomic E-state index is 13.9. The molecule has 0 N–H and O–H groups in total. The summed E-state index contributed by atoms with van der Waals surface area (Å²) in [6.07, 6.45) is 1.83. The molecule has 42 heavy (non-hydrogen) atoms. The van der Waals surface area contributed by atoms with Crippen LogP contribution < -0.4 is 19.6 Å². The van der Waals surface area contributed by atoms with E-state index in [1.807, 2.05) is 60.7 Å². The first-order valence-electron chi connectivity index (χ1n) is 13.6. The van der Waals surface area contributed by atoms with E-state index in [9.17, 15) is 9.59 Å². The van der Waals surface area contributed by atoms with Crippen molar-refractivity contribution in [1.82, 2.24) is 4.57 Å². The molecule has 1 atom stereocenters. The minimum absolute atomic E-state index is 0.215. The molecule has 0 saturated carbocycles. The van der Waals surface area contributed by atoms with Crippen LogP contribution in [0.15, 0.2) is 112 Å². The van der Waals surface area contributed by atoms with Gasteiger partial charge in [0, 0.05) is 5.02 Å². The molecule has 1 unspecified atom stereocenters. The molecular formula is C34H27ClN2O4S. The number of hydrogen-bond donors (Lipinski definition) is 0. The molecule has 5 aromatic rings. The highest BCUT2D eigenvalue weighted by molar-refractivity contribution is 7.07. The predicted octanol–water partition coefficient (Wildman–Crippen LogP) is 6.18. The summed E-state index contributed by atoms with van der Waals surface area (Å²) in [4.78, 5) is 32.1. The first kappa shape index (κ1) is 27.7. The number of fused-ring (bicyclic) bond motifs is 2. The quantitative estimate of drug-likeness (QED) is 0.211. The summed E-state index contributed by atoms with van der Waals surface area (Å²) in [7, 11) is 0. The van der Waals surface area contributed by atoms with Gasteiger partial charge in [0.1, 0.15) is 12.4 Å². The van der Waals surface area contributed by atoms with E-state index in [2.05, 4.69) is 29.3 Å². The highest BCUT2D eigenvalue weighted by atomic mass is 35.5. The van der Waals surface area contributed by atoms with Gasteiger partial charge in [0.05, 0.1) is 28.5 Å². The summed E-state index contributed by atoms with van der Waals surface area (Å²) < 4.78 is 13.6. The Morgan fingerprint density at radius 2 is 1.79 bits per heavy atom. The number of nitrogens with zero attached hydrogens (tertiary/aromatic N) is 2. The molecule has 0 spiro atoms. The Morgan fingerprint density at radius 1 is 1.02 bits per heavy atom. The maximum atomic E-state index is 13.9. The molecule has 6 nitrogen and oxygen atoms in total. The fourth-order valence-electron chi connectivity index (χ4n) is 5.18. The van der Waals surface area contributed by atoms with Gasteiger partial charge in [0.25, 0.3) is 5.56 Å². The van der Waals surface area contributed by atoms with Gasteiger partial charge in [-0.1, -0.05) is 89.7 Å². The lowest BCUT2D eigenvalue weighted by molar-refractivity contribution is -0.139. The predicted molar refractivity (Wildman–Crippen MR) is 167 cm³/mol. The smallest absolute Gasteiger partial charge is 0.338 e. The van der Waals surface area contributed by atoms with Crippen LogP contribution in [-0.2, 0) is 16.1 Å². The summed E-state index contributed by atoms with van der Waals surface area (Å²) >= 11 is 7.43. The molecule has 0 radical (unpaired) electrons. The van der Waals surface area contributed by atoms with Crippen LogP contribution in [0.2, 0.25) is 5.02 Å². The van der Waals surface area contributed by atoms with Crippen molar-refractivity contribution in [2.24, 2.45) is 4.99 Å².